The van der Waals surface area contributed by atoms with Crippen LogP contribution in [0.2, 0.25) is 0 Å². The van der Waals surface area contributed by atoms with Crippen LogP contribution in [0.5, 0.6) is 0 Å². The van der Waals surface area contributed by atoms with Crippen molar-refractivity contribution < 1.29 is 30.0 Å². The second-order valence-electron chi connectivity index (χ2n) is 11.1. The average Bonchev–Trinajstić information content (AvgIpc) is 2.93. The molecule has 1 aliphatic rings. The number of hydrogen-bond acceptors (Lipinski definition) is 4. The Hall–Kier alpha value is -2.88. The third kappa shape index (κ3) is 5.78. The van der Waals surface area contributed by atoms with Crippen molar-refractivity contribution in [3.05, 3.63) is 83.3 Å². The predicted octanol–water partition coefficient (Wildman–Crippen LogP) is 9.07. The molecule has 2 heterocycles. The minimum Gasteiger partial charge on any atom is -0.512 e. The summed E-state index contributed by atoms with van der Waals surface area (Å²) in [6.45, 7) is 14.8. The molecule has 2 aromatic heterocycles. The van der Waals surface area contributed by atoms with Gasteiger partial charge in [-0.3, -0.25) is 14.8 Å². The Labute approximate surface area is 252 Å². The monoisotopic (exact) mass is 714 g/mol. The van der Waals surface area contributed by atoms with Crippen LogP contribution >= 0.6 is 0 Å². The predicted molar refractivity (Wildman–Crippen MR) is 162 cm³/mol. The summed E-state index contributed by atoms with van der Waals surface area (Å²) in [5.74, 6) is 0.547. The maximum atomic E-state index is 11.7. The SMILES string of the molecule is CCC(CC)C(=O)/C=C(\O)C(CC)CC.Cc1c2c(nc3cccnc13)-c1[c-]ccc3cccc(c13)C2(C)C.[Ir]. The quantitative estimate of drug-likeness (QED) is 0.118. The van der Waals surface area contributed by atoms with Gasteiger partial charge in [0.05, 0.1) is 16.8 Å². The van der Waals surface area contributed by atoms with Gasteiger partial charge in [-0.25, -0.2) is 0 Å². The van der Waals surface area contributed by atoms with Crippen molar-refractivity contribution in [1.29, 1.82) is 0 Å². The molecule has 0 fully saturated rings. The summed E-state index contributed by atoms with van der Waals surface area (Å²) in [7, 11) is 0. The zero-order valence-corrected chi connectivity index (χ0v) is 27.2. The van der Waals surface area contributed by atoms with Gasteiger partial charge in [-0.1, -0.05) is 70.7 Å². The summed E-state index contributed by atoms with van der Waals surface area (Å²) in [6, 6.07) is 18.2. The summed E-state index contributed by atoms with van der Waals surface area (Å²) in [4.78, 5) is 21.3. The number of rotatable bonds is 7. The number of allylic oxidation sites excluding steroid dienone is 2. The molecule has 0 atom stereocenters. The topological polar surface area (TPSA) is 63.1 Å². The van der Waals surface area contributed by atoms with Crippen molar-refractivity contribution in [1.82, 2.24) is 9.97 Å². The van der Waals surface area contributed by atoms with E-state index in [1.807, 2.05) is 52.1 Å². The fourth-order valence-corrected chi connectivity index (χ4v) is 6.09. The van der Waals surface area contributed by atoms with E-state index in [2.05, 4.69) is 56.1 Å². The average molecular weight is 714 g/mol. The first kappa shape index (κ1) is 31.6. The molecule has 213 valence electrons. The summed E-state index contributed by atoms with van der Waals surface area (Å²) in [5.41, 5.74) is 7.86. The van der Waals surface area contributed by atoms with Gasteiger partial charge in [0.15, 0.2) is 5.78 Å². The number of nitrogens with zero attached hydrogens (tertiary/aromatic N) is 2. The maximum Gasteiger partial charge on any atom is 0.162 e. The van der Waals surface area contributed by atoms with Crippen LogP contribution in [-0.2, 0) is 30.3 Å². The smallest absolute Gasteiger partial charge is 0.162 e. The first-order chi connectivity index (χ1) is 18.7. The second-order valence-corrected chi connectivity index (χ2v) is 11.1. The van der Waals surface area contributed by atoms with Crippen molar-refractivity contribution in [3.8, 4) is 11.3 Å². The maximum absolute atomic E-state index is 11.7. The molecule has 1 aliphatic carbocycles. The van der Waals surface area contributed by atoms with Crippen LogP contribution in [-0.4, -0.2) is 20.9 Å². The number of hydrogen-bond donors (Lipinski definition) is 1. The molecule has 1 radical (unpaired) electrons. The first-order valence-electron chi connectivity index (χ1n) is 14.3. The number of aliphatic hydroxyl groups excluding tert-OH is 1. The van der Waals surface area contributed by atoms with E-state index in [4.69, 9.17) is 4.98 Å². The van der Waals surface area contributed by atoms with Gasteiger partial charge in [-0.05, 0) is 61.6 Å². The van der Waals surface area contributed by atoms with E-state index < -0.39 is 0 Å². The van der Waals surface area contributed by atoms with Crippen LogP contribution in [0, 0.1) is 24.8 Å². The van der Waals surface area contributed by atoms with E-state index in [1.165, 1.54) is 33.5 Å². The van der Waals surface area contributed by atoms with Crippen molar-refractivity contribution in [3.63, 3.8) is 0 Å². The Morgan fingerprint density at radius 1 is 1.00 bits per heavy atom. The van der Waals surface area contributed by atoms with Crippen LogP contribution in [0.15, 0.2) is 60.5 Å². The Bertz CT molecular complexity index is 1530. The van der Waals surface area contributed by atoms with Gasteiger partial charge in [0, 0.05) is 49.6 Å². The van der Waals surface area contributed by atoms with Crippen molar-refractivity contribution >= 4 is 27.6 Å². The molecule has 0 unspecified atom stereocenters. The molecule has 4 aromatic rings. The molecule has 4 nitrogen and oxygen atoms in total. The molecule has 0 amide bonds. The van der Waals surface area contributed by atoms with Gasteiger partial charge in [0.2, 0.25) is 0 Å². The number of ketones is 1. The van der Waals surface area contributed by atoms with Crippen molar-refractivity contribution in [2.75, 3.05) is 0 Å². The van der Waals surface area contributed by atoms with Crippen LogP contribution in [0.4, 0.5) is 0 Å². The zero-order chi connectivity index (χ0) is 28.3. The summed E-state index contributed by atoms with van der Waals surface area (Å²) >= 11 is 0. The van der Waals surface area contributed by atoms with Gasteiger partial charge in [-0.2, -0.15) is 0 Å². The molecule has 40 heavy (non-hydrogen) atoms. The Morgan fingerprint density at radius 3 is 2.33 bits per heavy atom. The Kier molecular flexibility index (Phi) is 10.4. The normalized spacial score (nSPS) is 13.6. The van der Waals surface area contributed by atoms with E-state index in [1.54, 1.807) is 0 Å². The van der Waals surface area contributed by atoms with Crippen molar-refractivity contribution in [2.24, 2.45) is 11.8 Å². The number of fused-ring (bicyclic) bond motifs is 3. The van der Waals surface area contributed by atoms with Crippen LogP contribution in [0.25, 0.3) is 33.1 Å². The van der Waals surface area contributed by atoms with E-state index in [0.717, 1.165) is 48.0 Å². The van der Waals surface area contributed by atoms with E-state index >= 15 is 0 Å². The van der Waals surface area contributed by atoms with Gasteiger partial charge < -0.3 is 5.11 Å². The molecule has 0 bridgehead atoms. The number of pyridine rings is 2. The number of carbonyl (C=O) groups excluding carboxylic acids is 1. The van der Waals surface area contributed by atoms with Gasteiger partial charge >= 0.3 is 0 Å². The Balaban J connectivity index is 0.000000243. The molecule has 5 heteroatoms. The van der Waals surface area contributed by atoms with E-state index in [-0.39, 0.29) is 48.9 Å². The minimum absolute atomic E-state index is 0. The van der Waals surface area contributed by atoms with Gasteiger partial charge in [0.1, 0.15) is 0 Å². The number of aryl methyl sites for hydroxylation is 1. The molecule has 1 N–H and O–H groups in total. The van der Waals surface area contributed by atoms with Crippen molar-refractivity contribution in [2.45, 2.75) is 79.6 Å². The largest absolute Gasteiger partial charge is 0.512 e. The number of carbonyl (C=O) groups is 1. The third-order valence-electron chi connectivity index (χ3n) is 8.44. The molecule has 0 saturated heterocycles. The van der Waals surface area contributed by atoms with Crippen LogP contribution in [0.3, 0.4) is 0 Å². The third-order valence-corrected chi connectivity index (χ3v) is 8.44. The molecule has 0 saturated carbocycles. The summed E-state index contributed by atoms with van der Waals surface area (Å²) in [5, 5.41) is 12.3. The molecule has 0 aliphatic heterocycles. The molecule has 2 aromatic carbocycles. The van der Waals surface area contributed by atoms with E-state index in [0.29, 0.717) is 0 Å². The van der Waals surface area contributed by atoms with Crippen LogP contribution in [0.1, 0.15) is 83.9 Å². The minimum atomic E-state index is -0.111. The molecule has 5 rings (SSSR count). The molecular weight excluding hydrogens is 673 g/mol. The number of aromatic nitrogens is 2. The zero-order valence-electron chi connectivity index (χ0n) is 24.8. The first-order valence-corrected chi connectivity index (χ1v) is 14.3. The Morgan fingerprint density at radius 2 is 1.68 bits per heavy atom. The molecule has 0 spiro atoms. The van der Waals surface area contributed by atoms with Gasteiger partial charge in [0.25, 0.3) is 0 Å². The fraction of sp³-hybridized carbons (Fsp3) is 0.400. The molecular formula is C35H41IrN2O2-. The van der Waals surface area contributed by atoms with Gasteiger partial charge in [-0.15, -0.1) is 29.1 Å². The standard InChI is InChI=1S/C22H17N2.C13H24O2.Ir/c1-13-19-21(24-17-11-6-12-23-20(13)17)15-9-4-7-14-8-5-10-16(18(14)15)22(19,2)3;1-5-10(6-2)12(14)9-13(15)11(7-3)8-4;/h4-8,10-12H,1-3H3;9-11,14H,5-8H2,1-4H3;/q-1;;/b;12-9-;. The number of aliphatic hydroxyl groups is 1. The fourth-order valence-electron chi connectivity index (χ4n) is 6.09. The summed E-state index contributed by atoms with van der Waals surface area (Å²) in [6.07, 6.45) is 6.75. The van der Waals surface area contributed by atoms with E-state index in [9.17, 15) is 9.90 Å². The van der Waals surface area contributed by atoms with Crippen LogP contribution < -0.4 is 0 Å². The summed E-state index contributed by atoms with van der Waals surface area (Å²) < 4.78 is 0. The second kappa shape index (κ2) is 13.2. The number of benzene rings is 2.